The zero-order valence-corrected chi connectivity index (χ0v) is 12.9. The Balaban J connectivity index is 0.00000200. The summed E-state index contributed by atoms with van der Waals surface area (Å²) in [5.41, 5.74) is 0.438. The van der Waals surface area contributed by atoms with Crippen molar-refractivity contribution in [2.45, 2.75) is 19.8 Å². The average Bonchev–Trinajstić information content (AvgIpc) is 2.37. The Morgan fingerprint density at radius 2 is 2.10 bits per heavy atom. The van der Waals surface area contributed by atoms with Crippen molar-refractivity contribution in [1.82, 2.24) is 10.6 Å². The van der Waals surface area contributed by atoms with Crippen LogP contribution < -0.4 is 10.6 Å². The van der Waals surface area contributed by atoms with Crippen LogP contribution in [0.4, 0.5) is 4.39 Å². The van der Waals surface area contributed by atoms with E-state index in [0.717, 1.165) is 32.0 Å². The first kappa shape index (κ1) is 17.2. The molecule has 0 aliphatic carbocycles. The lowest BCUT2D eigenvalue weighted by Gasteiger charge is -2.34. The van der Waals surface area contributed by atoms with Gasteiger partial charge in [0.1, 0.15) is 5.82 Å². The highest BCUT2D eigenvalue weighted by Gasteiger charge is 2.27. The molecule has 0 spiro atoms. The van der Waals surface area contributed by atoms with Crippen LogP contribution in [-0.2, 0) is 0 Å². The van der Waals surface area contributed by atoms with Gasteiger partial charge >= 0.3 is 0 Å². The molecule has 112 valence electrons. The van der Waals surface area contributed by atoms with Crippen LogP contribution in [0.25, 0.3) is 0 Å². The van der Waals surface area contributed by atoms with Crippen LogP contribution in [0.3, 0.4) is 0 Å². The topological polar surface area (TPSA) is 41.1 Å². The van der Waals surface area contributed by atoms with E-state index in [4.69, 9.17) is 11.6 Å². The van der Waals surface area contributed by atoms with Crippen LogP contribution in [0.2, 0.25) is 5.02 Å². The highest BCUT2D eigenvalue weighted by atomic mass is 35.5. The summed E-state index contributed by atoms with van der Waals surface area (Å²) < 4.78 is 12.9. The van der Waals surface area contributed by atoms with Gasteiger partial charge in [-0.25, -0.2) is 4.39 Å². The van der Waals surface area contributed by atoms with E-state index >= 15 is 0 Å². The fourth-order valence-electron chi connectivity index (χ4n) is 2.27. The number of nitrogens with one attached hydrogen (secondary N) is 2. The molecule has 2 rings (SSSR count). The summed E-state index contributed by atoms with van der Waals surface area (Å²) in [7, 11) is 0. The molecule has 3 nitrogen and oxygen atoms in total. The molecule has 0 saturated carbocycles. The van der Waals surface area contributed by atoms with Gasteiger partial charge in [0, 0.05) is 6.54 Å². The number of halogens is 3. The summed E-state index contributed by atoms with van der Waals surface area (Å²) in [6, 6.07) is 3.81. The van der Waals surface area contributed by atoms with Crippen molar-refractivity contribution < 1.29 is 9.18 Å². The molecule has 0 atom stereocenters. The predicted molar refractivity (Wildman–Crippen MR) is 81.2 cm³/mol. The van der Waals surface area contributed by atoms with E-state index in [0.29, 0.717) is 12.1 Å². The standard InChI is InChI=1S/C14H18ClFN2O.ClH/c1-14(4-6-17-7-5-14)9-18-13(19)11-3-2-10(16)8-12(11)15;/h2-3,8,17H,4-7,9H2,1H3,(H,18,19);1H. The van der Waals surface area contributed by atoms with Crippen molar-refractivity contribution in [2.75, 3.05) is 19.6 Å². The van der Waals surface area contributed by atoms with Gasteiger partial charge in [-0.1, -0.05) is 18.5 Å². The van der Waals surface area contributed by atoms with Gasteiger partial charge in [0.15, 0.2) is 0 Å². The molecule has 1 fully saturated rings. The number of piperidine rings is 1. The van der Waals surface area contributed by atoms with E-state index in [-0.39, 0.29) is 28.8 Å². The van der Waals surface area contributed by atoms with E-state index in [1.165, 1.54) is 12.1 Å². The van der Waals surface area contributed by atoms with Crippen molar-refractivity contribution in [3.8, 4) is 0 Å². The summed E-state index contributed by atoms with van der Waals surface area (Å²) in [6.07, 6.45) is 2.06. The maximum absolute atomic E-state index is 12.9. The van der Waals surface area contributed by atoms with Crippen molar-refractivity contribution in [1.29, 1.82) is 0 Å². The molecular weight excluding hydrogens is 302 g/mol. The number of rotatable bonds is 3. The monoisotopic (exact) mass is 320 g/mol. The number of hydrogen-bond acceptors (Lipinski definition) is 2. The molecule has 2 N–H and O–H groups in total. The van der Waals surface area contributed by atoms with Crippen molar-refractivity contribution in [3.05, 3.63) is 34.6 Å². The van der Waals surface area contributed by atoms with Gasteiger partial charge in [-0.15, -0.1) is 12.4 Å². The highest BCUT2D eigenvalue weighted by Crippen LogP contribution is 2.27. The van der Waals surface area contributed by atoms with Gasteiger partial charge in [-0.3, -0.25) is 4.79 Å². The minimum atomic E-state index is -0.438. The zero-order valence-electron chi connectivity index (χ0n) is 11.3. The van der Waals surface area contributed by atoms with E-state index in [2.05, 4.69) is 17.6 Å². The predicted octanol–water partition coefficient (Wildman–Crippen LogP) is 3.02. The van der Waals surface area contributed by atoms with Crippen LogP contribution in [0.15, 0.2) is 18.2 Å². The Morgan fingerprint density at radius 1 is 1.45 bits per heavy atom. The van der Waals surface area contributed by atoms with Gasteiger partial charge in [-0.05, 0) is 49.5 Å². The quantitative estimate of drug-likeness (QED) is 0.898. The van der Waals surface area contributed by atoms with Crippen LogP contribution in [0.5, 0.6) is 0 Å². The van der Waals surface area contributed by atoms with Gasteiger partial charge in [-0.2, -0.15) is 0 Å². The third-order valence-electron chi connectivity index (χ3n) is 3.66. The molecule has 0 aromatic heterocycles. The smallest absolute Gasteiger partial charge is 0.252 e. The second-order valence-electron chi connectivity index (χ2n) is 5.37. The molecule has 1 heterocycles. The second kappa shape index (κ2) is 7.25. The van der Waals surface area contributed by atoms with Crippen molar-refractivity contribution >= 4 is 29.9 Å². The van der Waals surface area contributed by atoms with Crippen molar-refractivity contribution in [3.63, 3.8) is 0 Å². The Hall–Kier alpha value is -0.840. The molecule has 6 heteroatoms. The van der Waals surface area contributed by atoms with E-state index in [9.17, 15) is 9.18 Å². The molecule has 1 saturated heterocycles. The number of carbonyl (C=O) groups is 1. The molecule has 0 bridgehead atoms. The van der Waals surface area contributed by atoms with Gasteiger partial charge in [0.25, 0.3) is 5.91 Å². The molecule has 20 heavy (non-hydrogen) atoms. The SMILES string of the molecule is CC1(CNC(=O)c2ccc(F)cc2Cl)CCNCC1.Cl. The fourth-order valence-corrected chi connectivity index (χ4v) is 2.52. The lowest BCUT2D eigenvalue weighted by Crippen LogP contribution is -2.42. The maximum atomic E-state index is 12.9. The first-order chi connectivity index (χ1) is 9.00. The summed E-state index contributed by atoms with van der Waals surface area (Å²) >= 11 is 5.87. The molecule has 0 unspecified atom stereocenters. The number of hydrogen-bond donors (Lipinski definition) is 2. The number of carbonyl (C=O) groups excluding carboxylic acids is 1. The van der Waals surface area contributed by atoms with E-state index < -0.39 is 5.82 Å². The number of benzene rings is 1. The summed E-state index contributed by atoms with van der Waals surface area (Å²) in [6.45, 7) is 4.73. The lowest BCUT2D eigenvalue weighted by molar-refractivity contribution is 0.0922. The summed E-state index contributed by atoms with van der Waals surface area (Å²) in [4.78, 5) is 12.0. The maximum Gasteiger partial charge on any atom is 0.252 e. The fraction of sp³-hybridized carbons (Fsp3) is 0.500. The molecule has 1 amide bonds. The van der Waals surface area contributed by atoms with Gasteiger partial charge in [0.2, 0.25) is 0 Å². The summed E-state index contributed by atoms with van der Waals surface area (Å²) in [5, 5.41) is 6.34. The third-order valence-corrected chi connectivity index (χ3v) is 3.97. The normalized spacial score (nSPS) is 17.1. The minimum absolute atomic E-state index is 0. The van der Waals surface area contributed by atoms with E-state index in [1.807, 2.05) is 0 Å². The zero-order chi connectivity index (χ0) is 13.9. The molecule has 1 aliphatic heterocycles. The Bertz CT molecular complexity index is 476. The average molecular weight is 321 g/mol. The van der Waals surface area contributed by atoms with Crippen LogP contribution in [0.1, 0.15) is 30.1 Å². The molecule has 0 radical (unpaired) electrons. The van der Waals surface area contributed by atoms with E-state index in [1.54, 1.807) is 0 Å². The molecule has 1 aliphatic rings. The largest absolute Gasteiger partial charge is 0.351 e. The van der Waals surface area contributed by atoms with Crippen molar-refractivity contribution in [2.24, 2.45) is 5.41 Å². The first-order valence-corrected chi connectivity index (χ1v) is 6.82. The summed E-state index contributed by atoms with van der Waals surface area (Å²) in [5.74, 6) is -0.684. The van der Waals surface area contributed by atoms with Crippen LogP contribution in [0, 0.1) is 11.2 Å². The highest BCUT2D eigenvalue weighted by molar-refractivity contribution is 6.33. The Morgan fingerprint density at radius 3 is 2.70 bits per heavy atom. The first-order valence-electron chi connectivity index (χ1n) is 6.44. The van der Waals surface area contributed by atoms with Crippen LogP contribution in [-0.4, -0.2) is 25.5 Å². The Kier molecular flexibility index (Phi) is 6.24. The molecule has 1 aromatic rings. The van der Waals surface area contributed by atoms with Gasteiger partial charge < -0.3 is 10.6 Å². The number of amides is 1. The minimum Gasteiger partial charge on any atom is -0.351 e. The third kappa shape index (κ3) is 4.33. The second-order valence-corrected chi connectivity index (χ2v) is 5.77. The Labute approximate surface area is 129 Å². The van der Waals surface area contributed by atoms with Gasteiger partial charge in [0.05, 0.1) is 10.6 Å². The molecular formula is C14H19Cl2FN2O. The molecule has 1 aromatic carbocycles. The van der Waals surface area contributed by atoms with Crippen LogP contribution >= 0.6 is 24.0 Å². The lowest BCUT2D eigenvalue weighted by atomic mass is 9.81.